The zero-order chi connectivity index (χ0) is 32.7. The molecule has 1 radical (unpaired) electrons. The Balaban J connectivity index is 0.00000417. The van der Waals surface area contributed by atoms with Crippen LogP contribution in [0.3, 0.4) is 0 Å². The minimum atomic E-state index is -5.16. The molecule has 0 aromatic heterocycles. The maximum Gasteiger partial charge on any atom is 0.471 e. The SMILES string of the molecule is Cc1cc2c(c(O)c1C)[C@@H]1C3Cc4c(O)c(C)c5c(c4[C@H](CNC(=O)[C@H](C)NC(=O)C(F)(F)F)N3[C@@H](C#N)[C@H](C2)N1C)OCO5.[Ac]. The van der Waals surface area contributed by atoms with E-state index in [0.717, 1.165) is 29.2 Å². The molecule has 0 spiro atoms. The van der Waals surface area contributed by atoms with E-state index in [1.165, 1.54) is 0 Å². The number of hydrogen-bond acceptors (Lipinski definition) is 9. The van der Waals surface area contributed by atoms with Crippen LogP contribution in [-0.2, 0) is 22.4 Å². The fourth-order valence-electron chi connectivity index (χ4n) is 7.60. The zero-order valence-electron chi connectivity index (χ0n) is 26.0. The molecule has 2 aromatic carbocycles. The van der Waals surface area contributed by atoms with Crippen molar-refractivity contribution in [1.29, 1.82) is 5.26 Å². The molecule has 4 heterocycles. The molecule has 2 bridgehead atoms. The summed E-state index contributed by atoms with van der Waals surface area (Å²) in [5.41, 5.74) is 4.89. The van der Waals surface area contributed by atoms with E-state index in [0.29, 0.717) is 34.6 Å². The normalized spacial score (nSPS) is 25.2. The third-order valence-corrected chi connectivity index (χ3v) is 9.93. The first-order valence-corrected chi connectivity index (χ1v) is 14.7. The van der Waals surface area contributed by atoms with Crippen LogP contribution >= 0.6 is 0 Å². The van der Waals surface area contributed by atoms with Crippen LogP contribution in [0.2, 0.25) is 0 Å². The van der Waals surface area contributed by atoms with Crippen molar-refractivity contribution in [2.45, 2.75) is 83.0 Å². The Bertz CT molecular complexity index is 1660. The van der Waals surface area contributed by atoms with Crippen LogP contribution < -0.4 is 20.1 Å². The van der Waals surface area contributed by atoms with Gasteiger partial charge in [0.2, 0.25) is 12.7 Å². The molecule has 4 aliphatic rings. The van der Waals surface area contributed by atoms with Crippen molar-refractivity contribution in [3.05, 3.63) is 45.0 Å². The van der Waals surface area contributed by atoms with E-state index in [1.807, 2.05) is 31.9 Å². The van der Waals surface area contributed by atoms with Gasteiger partial charge in [0.1, 0.15) is 23.6 Å². The predicted octanol–water partition coefficient (Wildman–Crippen LogP) is 2.71. The van der Waals surface area contributed by atoms with Crippen molar-refractivity contribution in [3.63, 3.8) is 0 Å². The summed E-state index contributed by atoms with van der Waals surface area (Å²) in [6.45, 7) is 6.33. The summed E-state index contributed by atoms with van der Waals surface area (Å²) in [5.74, 6) is -2.24. The maximum absolute atomic E-state index is 13.0. The van der Waals surface area contributed by atoms with Gasteiger partial charge in [-0.3, -0.25) is 19.4 Å². The fourth-order valence-corrected chi connectivity index (χ4v) is 7.60. The Morgan fingerprint density at radius 1 is 1.09 bits per heavy atom. The zero-order valence-corrected chi connectivity index (χ0v) is 30.7. The minimum Gasteiger partial charge on any atom is -0.507 e. The molecule has 6 rings (SSSR count). The molecule has 11 nitrogen and oxygen atoms in total. The number of phenols is 2. The van der Waals surface area contributed by atoms with Crippen LogP contribution in [0.5, 0.6) is 23.0 Å². The molecule has 1 unspecified atom stereocenters. The van der Waals surface area contributed by atoms with Crippen LogP contribution in [0.1, 0.15) is 58.0 Å². The van der Waals surface area contributed by atoms with Gasteiger partial charge < -0.3 is 30.3 Å². The van der Waals surface area contributed by atoms with Crippen LogP contribution in [0.15, 0.2) is 6.07 Å². The predicted molar refractivity (Wildman–Crippen MR) is 153 cm³/mol. The number of halogens is 3. The second-order valence-electron chi connectivity index (χ2n) is 12.3. The van der Waals surface area contributed by atoms with Gasteiger partial charge in [-0.2, -0.15) is 18.4 Å². The maximum atomic E-state index is 13.0. The monoisotopic (exact) mass is 856 g/mol. The minimum absolute atomic E-state index is 0. The number of nitrogens with one attached hydrogen (secondary N) is 2. The molecule has 46 heavy (non-hydrogen) atoms. The van der Waals surface area contributed by atoms with Gasteiger partial charge in [-0.25, -0.2) is 0 Å². The molecule has 15 heteroatoms. The topological polar surface area (TPSA) is 147 Å². The number of likely N-dealkylation sites (N-methyl/N-ethyl adjacent to an activating group) is 1. The smallest absolute Gasteiger partial charge is 0.471 e. The Morgan fingerprint density at radius 2 is 1.76 bits per heavy atom. The number of nitrogens with zero attached hydrogens (tertiary/aromatic N) is 3. The molecular formula is C31H34AcF3N5O6. The Hall–Kier alpha value is -2.78. The molecule has 243 valence electrons. The number of hydrogen-bond donors (Lipinski definition) is 4. The Morgan fingerprint density at radius 3 is 2.41 bits per heavy atom. The number of ether oxygens (including phenoxy) is 2. The number of piperazine rings is 1. The molecule has 0 aliphatic carbocycles. The second kappa shape index (κ2) is 12.3. The number of phenolic OH excluding ortho intramolecular Hbond substituents is 2. The molecule has 2 amide bonds. The summed E-state index contributed by atoms with van der Waals surface area (Å²) >= 11 is 0. The molecule has 0 saturated carbocycles. The summed E-state index contributed by atoms with van der Waals surface area (Å²) < 4.78 is 50.1. The van der Waals surface area contributed by atoms with Gasteiger partial charge in [-0.1, -0.05) is 6.07 Å². The van der Waals surface area contributed by atoms with Gasteiger partial charge in [0.25, 0.3) is 0 Å². The number of nitriles is 1. The Kier molecular flexibility index (Phi) is 9.28. The van der Waals surface area contributed by atoms with Crippen LogP contribution in [0.4, 0.5) is 13.2 Å². The molecule has 1 saturated heterocycles. The Labute approximate surface area is 299 Å². The summed E-state index contributed by atoms with van der Waals surface area (Å²) in [5, 5.41) is 37.9. The van der Waals surface area contributed by atoms with Gasteiger partial charge in [-0.05, 0) is 64.3 Å². The van der Waals surface area contributed by atoms with Crippen molar-refractivity contribution in [2.75, 3.05) is 20.4 Å². The molecule has 4 aliphatic heterocycles. The van der Waals surface area contributed by atoms with E-state index in [1.54, 1.807) is 12.2 Å². The number of aromatic hydroxyl groups is 2. The van der Waals surface area contributed by atoms with E-state index in [-0.39, 0.29) is 81.4 Å². The molecule has 2 aromatic rings. The standard InChI is InChI=1S/C31H34F3N5O6.Ac/c1-12-6-16-7-18-20(9-35)39-19(24(38(18)5)22(16)26(41)13(12)2)8-17-23(28-27(44-11-45-28)14(3)25(17)40)21(39)10-36-29(42)15(4)37-30(43)31(32,33)34;/h6,15,18-21,24,40-41H,7-8,10-11H2,1-5H3,(H,36,42)(H,37,43);/t15-,18-,19?,20-,21-,24-;/m0./s1. The largest absolute Gasteiger partial charge is 0.507 e. The number of aryl methyl sites for hydroxylation is 1. The van der Waals surface area contributed by atoms with Crippen molar-refractivity contribution < 1.29 is 86.5 Å². The third-order valence-electron chi connectivity index (χ3n) is 9.93. The number of carbonyl (C=O) groups excluding carboxylic acids is 2. The van der Waals surface area contributed by atoms with E-state index >= 15 is 0 Å². The first-order chi connectivity index (χ1) is 21.2. The van der Waals surface area contributed by atoms with Crippen molar-refractivity contribution in [2.24, 2.45) is 0 Å². The van der Waals surface area contributed by atoms with Crippen molar-refractivity contribution in [3.8, 4) is 29.1 Å². The average Bonchev–Trinajstić information content (AvgIpc) is 3.47. The second-order valence-corrected chi connectivity index (χ2v) is 12.3. The number of alkyl halides is 3. The fraction of sp³-hybridized carbons (Fsp3) is 0.516. The number of carbonyl (C=O) groups is 2. The number of fused-ring (bicyclic) bond motifs is 9. The van der Waals surface area contributed by atoms with Crippen LogP contribution in [-0.4, -0.2) is 82.6 Å². The first kappa shape index (κ1) is 34.6. The quantitative estimate of drug-likeness (QED) is 0.365. The number of rotatable bonds is 4. The third kappa shape index (κ3) is 5.30. The van der Waals surface area contributed by atoms with Crippen LogP contribution in [0, 0.1) is 76.2 Å². The number of amides is 2. The molecule has 6 atom stereocenters. The molecular weight excluding hydrogens is 822 g/mol. The van der Waals surface area contributed by atoms with Gasteiger partial charge in [-0.15, -0.1) is 0 Å². The summed E-state index contributed by atoms with van der Waals surface area (Å²) in [7, 11) is 1.91. The van der Waals surface area contributed by atoms with E-state index in [2.05, 4.69) is 16.3 Å². The van der Waals surface area contributed by atoms with E-state index in [9.17, 15) is 38.2 Å². The van der Waals surface area contributed by atoms with Crippen molar-refractivity contribution >= 4 is 11.8 Å². The van der Waals surface area contributed by atoms with Crippen LogP contribution in [0.25, 0.3) is 0 Å². The van der Waals surface area contributed by atoms with Crippen molar-refractivity contribution in [1.82, 2.24) is 20.4 Å². The van der Waals surface area contributed by atoms with Gasteiger partial charge in [0, 0.05) is 84.9 Å². The van der Waals surface area contributed by atoms with Gasteiger partial charge in [0.15, 0.2) is 11.5 Å². The molecule has 4 N–H and O–H groups in total. The molecule has 1 fully saturated rings. The summed E-state index contributed by atoms with van der Waals surface area (Å²) in [6.07, 6.45) is -4.41. The van der Waals surface area contributed by atoms with Gasteiger partial charge >= 0.3 is 12.1 Å². The van der Waals surface area contributed by atoms with E-state index in [4.69, 9.17) is 9.47 Å². The number of benzene rings is 2. The average molecular weight is 857 g/mol. The van der Waals surface area contributed by atoms with E-state index < -0.39 is 48.2 Å². The summed E-state index contributed by atoms with van der Waals surface area (Å²) in [6, 6.07) is 0.326. The first-order valence-electron chi connectivity index (χ1n) is 14.7. The van der Waals surface area contributed by atoms with Gasteiger partial charge in [0.05, 0.1) is 18.2 Å². The summed E-state index contributed by atoms with van der Waals surface area (Å²) in [4.78, 5) is 28.6.